The molecule has 0 aromatic carbocycles. The average molecular weight is 238 g/mol. The van der Waals surface area contributed by atoms with Crippen LogP contribution in [0.4, 0.5) is 0 Å². The number of hydrogen-bond donors (Lipinski definition) is 1. The number of rotatable bonds is 7. The molecule has 100 valence electrons. The van der Waals surface area contributed by atoms with E-state index in [-0.39, 0.29) is 0 Å². The van der Waals surface area contributed by atoms with E-state index in [1.165, 1.54) is 38.6 Å². The Hall–Kier alpha value is -0.340. The summed E-state index contributed by atoms with van der Waals surface area (Å²) in [7, 11) is 4.28. The first kappa shape index (κ1) is 14.7. The van der Waals surface area contributed by atoms with E-state index in [2.05, 4.69) is 44.2 Å². The second-order valence-electron chi connectivity index (χ2n) is 5.82. The second kappa shape index (κ2) is 7.88. The van der Waals surface area contributed by atoms with Gasteiger partial charge in [-0.05, 0) is 59.3 Å². The summed E-state index contributed by atoms with van der Waals surface area (Å²) in [4.78, 5) is 2.25. The fourth-order valence-corrected chi connectivity index (χ4v) is 2.83. The maximum absolute atomic E-state index is 3.69. The molecule has 0 saturated heterocycles. The summed E-state index contributed by atoms with van der Waals surface area (Å²) in [6.45, 7) is 6.91. The third-order valence-electron chi connectivity index (χ3n) is 3.57. The molecule has 0 spiro atoms. The van der Waals surface area contributed by atoms with E-state index in [1.807, 2.05) is 0 Å². The van der Waals surface area contributed by atoms with Gasteiger partial charge in [0.15, 0.2) is 0 Å². The third kappa shape index (κ3) is 6.23. The van der Waals surface area contributed by atoms with Crippen LogP contribution in [0.15, 0.2) is 11.6 Å². The van der Waals surface area contributed by atoms with Gasteiger partial charge in [-0.2, -0.15) is 0 Å². The predicted octanol–water partition coefficient (Wildman–Crippen LogP) is 3.05. The summed E-state index contributed by atoms with van der Waals surface area (Å²) in [5.41, 5.74) is 1.58. The molecule has 0 bridgehead atoms. The van der Waals surface area contributed by atoms with E-state index in [9.17, 15) is 0 Å². The van der Waals surface area contributed by atoms with Crippen LogP contribution in [0.1, 0.15) is 46.0 Å². The van der Waals surface area contributed by atoms with Crippen molar-refractivity contribution in [3.63, 3.8) is 0 Å². The van der Waals surface area contributed by atoms with Crippen molar-refractivity contribution in [2.75, 3.05) is 27.2 Å². The molecule has 0 aromatic rings. The van der Waals surface area contributed by atoms with Gasteiger partial charge < -0.3 is 10.2 Å². The molecule has 1 N–H and O–H groups in total. The first-order chi connectivity index (χ1) is 8.11. The molecule has 0 radical (unpaired) electrons. The second-order valence-corrected chi connectivity index (χ2v) is 5.82. The van der Waals surface area contributed by atoms with Crippen molar-refractivity contribution < 1.29 is 0 Å². The van der Waals surface area contributed by atoms with Gasteiger partial charge in [-0.25, -0.2) is 0 Å². The molecule has 0 amide bonds. The van der Waals surface area contributed by atoms with Crippen molar-refractivity contribution >= 4 is 0 Å². The maximum Gasteiger partial charge on any atom is 0.0255 e. The van der Waals surface area contributed by atoms with Crippen molar-refractivity contribution in [3.05, 3.63) is 11.6 Å². The molecule has 1 rings (SSSR count). The van der Waals surface area contributed by atoms with Gasteiger partial charge in [0.05, 0.1) is 0 Å². The normalized spacial score (nSPS) is 25.1. The first-order valence-electron chi connectivity index (χ1n) is 7.17. The maximum atomic E-state index is 3.69. The van der Waals surface area contributed by atoms with Gasteiger partial charge in [0.2, 0.25) is 0 Å². The molecule has 2 atom stereocenters. The molecule has 2 unspecified atom stereocenters. The Kier molecular flexibility index (Phi) is 6.83. The van der Waals surface area contributed by atoms with E-state index in [1.54, 1.807) is 5.57 Å². The molecular formula is C15H30N2. The average Bonchev–Trinajstić information content (AvgIpc) is 2.24. The quantitative estimate of drug-likeness (QED) is 0.542. The van der Waals surface area contributed by atoms with Crippen molar-refractivity contribution in [1.29, 1.82) is 0 Å². The van der Waals surface area contributed by atoms with E-state index in [0.717, 1.165) is 12.5 Å². The van der Waals surface area contributed by atoms with Gasteiger partial charge in [0.25, 0.3) is 0 Å². The summed E-state index contributed by atoms with van der Waals surface area (Å²) < 4.78 is 0. The Balaban J connectivity index is 2.25. The topological polar surface area (TPSA) is 15.3 Å². The Labute approximate surface area is 107 Å². The van der Waals surface area contributed by atoms with Crippen LogP contribution in [0.25, 0.3) is 0 Å². The van der Waals surface area contributed by atoms with Gasteiger partial charge in [0.1, 0.15) is 0 Å². The first-order valence-corrected chi connectivity index (χ1v) is 7.17. The highest BCUT2D eigenvalue weighted by Crippen LogP contribution is 2.27. The fraction of sp³-hybridized carbons (Fsp3) is 0.867. The lowest BCUT2D eigenvalue weighted by Gasteiger charge is -2.28. The molecule has 0 aliphatic heterocycles. The molecule has 17 heavy (non-hydrogen) atoms. The zero-order valence-electron chi connectivity index (χ0n) is 12.1. The molecule has 1 aliphatic rings. The van der Waals surface area contributed by atoms with Crippen LogP contribution in [0.2, 0.25) is 0 Å². The Bertz CT molecular complexity index is 233. The van der Waals surface area contributed by atoms with E-state index >= 15 is 0 Å². The summed E-state index contributed by atoms with van der Waals surface area (Å²) in [5, 5.41) is 3.69. The van der Waals surface area contributed by atoms with E-state index in [4.69, 9.17) is 0 Å². The number of nitrogens with zero attached hydrogens (tertiary/aromatic N) is 1. The summed E-state index contributed by atoms with van der Waals surface area (Å²) in [6, 6.07) is 0.627. The summed E-state index contributed by atoms with van der Waals surface area (Å²) >= 11 is 0. The highest BCUT2D eigenvalue weighted by molar-refractivity contribution is 5.09. The van der Waals surface area contributed by atoms with Crippen LogP contribution in [0.5, 0.6) is 0 Å². The van der Waals surface area contributed by atoms with Crippen molar-refractivity contribution in [2.45, 2.75) is 52.0 Å². The lowest BCUT2D eigenvalue weighted by molar-refractivity contribution is 0.355. The Morgan fingerprint density at radius 1 is 1.41 bits per heavy atom. The minimum absolute atomic E-state index is 0.627. The molecule has 1 aliphatic carbocycles. The monoisotopic (exact) mass is 238 g/mol. The molecule has 0 heterocycles. The van der Waals surface area contributed by atoms with Crippen LogP contribution in [0, 0.1) is 5.92 Å². The Morgan fingerprint density at radius 3 is 2.82 bits per heavy atom. The molecular weight excluding hydrogens is 208 g/mol. The summed E-state index contributed by atoms with van der Waals surface area (Å²) in [6.07, 6.45) is 9.07. The van der Waals surface area contributed by atoms with Crippen LogP contribution in [0.3, 0.4) is 0 Å². The van der Waals surface area contributed by atoms with Crippen molar-refractivity contribution in [2.24, 2.45) is 5.92 Å². The minimum atomic E-state index is 0.627. The van der Waals surface area contributed by atoms with Gasteiger partial charge in [-0.15, -0.1) is 0 Å². The molecule has 2 nitrogen and oxygen atoms in total. The summed E-state index contributed by atoms with van der Waals surface area (Å²) in [5.74, 6) is 0.913. The lowest BCUT2D eigenvalue weighted by Crippen LogP contribution is -2.34. The smallest absolute Gasteiger partial charge is 0.0255 e. The zero-order chi connectivity index (χ0) is 12.7. The van der Waals surface area contributed by atoms with Gasteiger partial charge >= 0.3 is 0 Å². The van der Waals surface area contributed by atoms with Crippen LogP contribution < -0.4 is 5.32 Å². The van der Waals surface area contributed by atoms with Crippen molar-refractivity contribution in [3.8, 4) is 0 Å². The Morgan fingerprint density at radius 2 is 2.18 bits per heavy atom. The van der Waals surface area contributed by atoms with E-state index in [0.29, 0.717) is 6.04 Å². The predicted molar refractivity (Wildman–Crippen MR) is 76.4 cm³/mol. The van der Waals surface area contributed by atoms with Gasteiger partial charge in [-0.3, -0.25) is 0 Å². The number of allylic oxidation sites excluding steroid dienone is 1. The number of nitrogens with one attached hydrogen (secondary N) is 1. The highest BCUT2D eigenvalue weighted by Gasteiger charge is 2.19. The fourth-order valence-electron chi connectivity index (χ4n) is 2.83. The van der Waals surface area contributed by atoms with Gasteiger partial charge in [0, 0.05) is 6.04 Å². The molecule has 0 aromatic heterocycles. The van der Waals surface area contributed by atoms with Gasteiger partial charge in [-0.1, -0.05) is 31.4 Å². The zero-order valence-corrected chi connectivity index (χ0v) is 12.1. The number of hydrogen-bond acceptors (Lipinski definition) is 2. The molecule has 0 fully saturated rings. The lowest BCUT2D eigenvalue weighted by atomic mass is 9.84. The largest absolute Gasteiger partial charge is 0.310 e. The van der Waals surface area contributed by atoms with Crippen LogP contribution in [-0.4, -0.2) is 38.1 Å². The SMILES string of the molecule is CCCC1CC(C)=CC(NCCCN(C)C)C1. The third-order valence-corrected chi connectivity index (χ3v) is 3.57. The van der Waals surface area contributed by atoms with Crippen molar-refractivity contribution in [1.82, 2.24) is 10.2 Å². The van der Waals surface area contributed by atoms with Crippen LogP contribution >= 0.6 is 0 Å². The molecule has 0 saturated carbocycles. The molecule has 2 heteroatoms. The van der Waals surface area contributed by atoms with E-state index < -0.39 is 0 Å². The van der Waals surface area contributed by atoms with Crippen LogP contribution in [-0.2, 0) is 0 Å². The minimum Gasteiger partial charge on any atom is -0.310 e. The standard InChI is InChI=1S/C15H30N2/c1-5-7-14-10-13(2)11-15(12-14)16-8-6-9-17(3)4/h11,14-16H,5-10,12H2,1-4H3. The highest BCUT2D eigenvalue weighted by atomic mass is 15.1.